The van der Waals surface area contributed by atoms with Crippen LogP contribution in [-0.4, -0.2) is 4.75 Å². The number of hydrogen-bond acceptors (Lipinski definition) is 1. The van der Waals surface area contributed by atoms with Crippen molar-refractivity contribution in [2.75, 3.05) is 0 Å². The Morgan fingerprint density at radius 1 is 1.08 bits per heavy atom. The molecule has 0 amide bonds. The number of hydrogen-bond donors (Lipinski definition) is 1. The summed E-state index contributed by atoms with van der Waals surface area (Å²) in [5, 5.41) is 0. The SMILES string of the molecule is CC(C)CC(C)(C)CC(C)(C)S. The van der Waals surface area contributed by atoms with Gasteiger partial charge in [-0.3, -0.25) is 0 Å². The Bertz CT molecular complexity index is 128. The Morgan fingerprint density at radius 3 is 1.75 bits per heavy atom. The fourth-order valence-corrected chi connectivity index (χ4v) is 2.78. The first-order valence-electron chi connectivity index (χ1n) is 4.85. The summed E-state index contributed by atoms with van der Waals surface area (Å²) in [5.74, 6) is 0.788. The summed E-state index contributed by atoms with van der Waals surface area (Å²) in [6, 6.07) is 0. The molecule has 0 atom stereocenters. The van der Waals surface area contributed by atoms with Gasteiger partial charge in [0, 0.05) is 4.75 Å². The molecule has 0 aliphatic carbocycles. The number of rotatable bonds is 4. The molecule has 0 bridgehead atoms. The molecule has 0 heterocycles. The number of thiol groups is 1. The van der Waals surface area contributed by atoms with Gasteiger partial charge in [0.1, 0.15) is 0 Å². The highest BCUT2D eigenvalue weighted by Gasteiger charge is 2.26. The van der Waals surface area contributed by atoms with Gasteiger partial charge in [0.15, 0.2) is 0 Å². The molecule has 0 aromatic rings. The van der Waals surface area contributed by atoms with Gasteiger partial charge >= 0.3 is 0 Å². The summed E-state index contributed by atoms with van der Waals surface area (Å²) < 4.78 is 0.165. The smallest absolute Gasteiger partial charge is 0.00782 e. The van der Waals surface area contributed by atoms with Crippen molar-refractivity contribution < 1.29 is 0 Å². The van der Waals surface area contributed by atoms with Crippen molar-refractivity contribution in [2.24, 2.45) is 11.3 Å². The van der Waals surface area contributed by atoms with Crippen LogP contribution in [0.5, 0.6) is 0 Å². The molecule has 0 unspecified atom stereocenters. The second kappa shape index (κ2) is 4.04. The summed E-state index contributed by atoms with van der Waals surface area (Å²) in [6.07, 6.45) is 2.47. The van der Waals surface area contributed by atoms with Crippen molar-refractivity contribution in [3.63, 3.8) is 0 Å². The lowest BCUT2D eigenvalue weighted by atomic mass is 9.77. The van der Waals surface area contributed by atoms with E-state index in [1.54, 1.807) is 0 Å². The van der Waals surface area contributed by atoms with Crippen LogP contribution in [0.25, 0.3) is 0 Å². The zero-order valence-corrected chi connectivity index (χ0v) is 10.3. The molecule has 0 N–H and O–H groups in total. The van der Waals surface area contributed by atoms with Crippen molar-refractivity contribution in [2.45, 2.75) is 59.1 Å². The van der Waals surface area contributed by atoms with Crippen LogP contribution in [0.15, 0.2) is 0 Å². The van der Waals surface area contributed by atoms with E-state index in [9.17, 15) is 0 Å². The zero-order valence-electron chi connectivity index (χ0n) is 9.44. The van der Waals surface area contributed by atoms with E-state index < -0.39 is 0 Å². The minimum absolute atomic E-state index is 0.165. The molecule has 0 saturated carbocycles. The maximum atomic E-state index is 4.57. The summed E-state index contributed by atoms with van der Waals surface area (Å²) in [6.45, 7) is 13.6. The lowest BCUT2D eigenvalue weighted by Gasteiger charge is -2.33. The predicted molar refractivity (Wildman–Crippen MR) is 60.9 cm³/mol. The van der Waals surface area contributed by atoms with E-state index in [1.807, 2.05) is 0 Å². The third-order valence-corrected chi connectivity index (χ3v) is 2.03. The van der Waals surface area contributed by atoms with Crippen LogP contribution in [0.4, 0.5) is 0 Å². The van der Waals surface area contributed by atoms with Gasteiger partial charge in [0.25, 0.3) is 0 Å². The molecule has 0 aliphatic rings. The minimum atomic E-state index is 0.165. The van der Waals surface area contributed by atoms with Crippen LogP contribution in [0.3, 0.4) is 0 Å². The van der Waals surface area contributed by atoms with E-state index in [2.05, 4.69) is 54.2 Å². The van der Waals surface area contributed by atoms with Gasteiger partial charge in [0.2, 0.25) is 0 Å². The lowest BCUT2D eigenvalue weighted by Crippen LogP contribution is -2.24. The van der Waals surface area contributed by atoms with Crippen molar-refractivity contribution >= 4 is 12.6 Å². The van der Waals surface area contributed by atoms with Crippen molar-refractivity contribution in [1.82, 2.24) is 0 Å². The Labute approximate surface area is 83.5 Å². The molecule has 0 aromatic carbocycles. The first-order chi connectivity index (χ1) is 5.12. The Kier molecular flexibility index (Phi) is 4.16. The molecule has 0 fully saturated rings. The highest BCUT2D eigenvalue weighted by molar-refractivity contribution is 7.81. The third-order valence-electron chi connectivity index (χ3n) is 1.87. The van der Waals surface area contributed by atoms with Crippen LogP contribution in [0.1, 0.15) is 54.4 Å². The maximum absolute atomic E-state index is 4.57. The molecule has 12 heavy (non-hydrogen) atoms. The van der Waals surface area contributed by atoms with Crippen LogP contribution in [-0.2, 0) is 0 Å². The Morgan fingerprint density at radius 2 is 1.50 bits per heavy atom. The van der Waals surface area contributed by atoms with E-state index in [0.717, 1.165) is 5.92 Å². The van der Waals surface area contributed by atoms with Gasteiger partial charge in [-0.05, 0) is 24.2 Å². The quantitative estimate of drug-likeness (QED) is 0.629. The molecule has 0 saturated heterocycles. The molecule has 0 nitrogen and oxygen atoms in total. The first kappa shape index (κ1) is 12.3. The molecule has 0 spiro atoms. The van der Waals surface area contributed by atoms with Crippen LogP contribution >= 0.6 is 12.6 Å². The van der Waals surface area contributed by atoms with Crippen molar-refractivity contribution in [3.8, 4) is 0 Å². The van der Waals surface area contributed by atoms with Crippen LogP contribution < -0.4 is 0 Å². The average molecular weight is 188 g/mol. The second-order valence-electron chi connectivity index (χ2n) is 5.75. The monoisotopic (exact) mass is 188 g/mol. The van der Waals surface area contributed by atoms with Gasteiger partial charge in [-0.25, -0.2) is 0 Å². The van der Waals surface area contributed by atoms with Crippen LogP contribution in [0, 0.1) is 11.3 Å². The van der Waals surface area contributed by atoms with Crippen molar-refractivity contribution in [1.29, 1.82) is 0 Å². The largest absolute Gasteiger partial charge is 0.173 e. The second-order valence-corrected chi connectivity index (χ2v) is 6.96. The van der Waals surface area contributed by atoms with Crippen molar-refractivity contribution in [3.05, 3.63) is 0 Å². The molecule has 74 valence electrons. The standard InChI is InChI=1S/C11H24S/c1-9(2)7-10(3,4)8-11(5,6)12/h9,12H,7-8H2,1-6H3. The molecule has 0 aliphatic heterocycles. The van der Waals surface area contributed by atoms with E-state index in [1.165, 1.54) is 12.8 Å². The van der Waals surface area contributed by atoms with E-state index in [-0.39, 0.29) is 4.75 Å². The topological polar surface area (TPSA) is 0 Å². The molecule has 1 heteroatoms. The molecule has 0 aromatic heterocycles. The van der Waals surface area contributed by atoms with Gasteiger partial charge < -0.3 is 0 Å². The Hall–Kier alpha value is 0.350. The lowest BCUT2D eigenvalue weighted by molar-refractivity contribution is 0.245. The first-order valence-corrected chi connectivity index (χ1v) is 5.29. The highest BCUT2D eigenvalue weighted by atomic mass is 32.1. The van der Waals surface area contributed by atoms with E-state index in [0.29, 0.717) is 5.41 Å². The molecule has 0 radical (unpaired) electrons. The van der Waals surface area contributed by atoms with E-state index >= 15 is 0 Å². The zero-order chi connectivity index (χ0) is 9.99. The summed E-state index contributed by atoms with van der Waals surface area (Å²) in [5.41, 5.74) is 0.430. The van der Waals surface area contributed by atoms with Gasteiger partial charge in [-0.15, -0.1) is 0 Å². The summed E-state index contributed by atoms with van der Waals surface area (Å²) >= 11 is 4.57. The fourth-order valence-electron chi connectivity index (χ4n) is 2.35. The molecular weight excluding hydrogens is 164 g/mol. The molecule has 0 rings (SSSR count). The minimum Gasteiger partial charge on any atom is -0.173 e. The predicted octanol–water partition coefficient (Wildman–Crippen LogP) is 4.16. The van der Waals surface area contributed by atoms with Crippen LogP contribution in [0.2, 0.25) is 0 Å². The molecular formula is C11H24S. The summed E-state index contributed by atoms with van der Waals surface area (Å²) in [4.78, 5) is 0. The van der Waals surface area contributed by atoms with Gasteiger partial charge in [-0.2, -0.15) is 12.6 Å². The van der Waals surface area contributed by atoms with Gasteiger partial charge in [0.05, 0.1) is 0 Å². The van der Waals surface area contributed by atoms with E-state index in [4.69, 9.17) is 0 Å². The third kappa shape index (κ3) is 7.02. The summed E-state index contributed by atoms with van der Waals surface area (Å²) in [7, 11) is 0. The fraction of sp³-hybridized carbons (Fsp3) is 1.00. The average Bonchev–Trinajstić information content (AvgIpc) is 1.48. The highest BCUT2D eigenvalue weighted by Crippen LogP contribution is 2.36. The van der Waals surface area contributed by atoms with Gasteiger partial charge in [-0.1, -0.05) is 41.5 Å². The Balaban J connectivity index is 4.04. The maximum Gasteiger partial charge on any atom is 0.00782 e. The normalized spacial score (nSPS) is 14.0.